The quantitative estimate of drug-likeness (QED) is 0.877. The molecule has 20 heavy (non-hydrogen) atoms. The molecule has 0 aliphatic carbocycles. The van der Waals surface area contributed by atoms with Crippen LogP contribution >= 0.6 is 0 Å². The standard InChI is InChI=1S/C15H21N3O2/c1-4-5-14-17-15(20-18-14)9-19-13-7-6-10(2)8-12(13)11(3)16/h6-8,11H,4-5,9,16H2,1-3H3. The van der Waals surface area contributed by atoms with Crippen LogP contribution in [0.5, 0.6) is 5.75 Å². The van der Waals surface area contributed by atoms with E-state index >= 15 is 0 Å². The fraction of sp³-hybridized carbons (Fsp3) is 0.467. The number of aryl methyl sites for hydroxylation is 2. The second-order valence-electron chi connectivity index (χ2n) is 4.97. The van der Waals surface area contributed by atoms with Crippen LogP contribution in [0.3, 0.4) is 0 Å². The van der Waals surface area contributed by atoms with Crippen molar-refractivity contribution in [3.63, 3.8) is 0 Å². The van der Waals surface area contributed by atoms with E-state index in [2.05, 4.69) is 17.1 Å². The Kier molecular flexibility index (Phi) is 4.74. The van der Waals surface area contributed by atoms with Crippen molar-refractivity contribution in [1.82, 2.24) is 10.1 Å². The summed E-state index contributed by atoms with van der Waals surface area (Å²) in [6.07, 6.45) is 1.81. The summed E-state index contributed by atoms with van der Waals surface area (Å²) in [5.41, 5.74) is 8.11. The van der Waals surface area contributed by atoms with Crippen molar-refractivity contribution in [3.05, 3.63) is 41.0 Å². The van der Waals surface area contributed by atoms with E-state index in [0.29, 0.717) is 5.89 Å². The van der Waals surface area contributed by atoms with E-state index in [-0.39, 0.29) is 12.6 Å². The van der Waals surface area contributed by atoms with Gasteiger partial charge >= 0.3 is 0 Å². The maximum Gasteiger partial charge on any atom is 0.264 e. The molecule has 1 aromatic carbocycles. The molecule has 5 heteroatoms. The van der Waals surface area contributed by atoms with Crippen molar-refractivity contribution in [2.24, 2.45) is 5.73 Å². The number of hydrogen-bond acceptors (Lipinski definition) is 5. The second kappa shape index (κ2) is 6.52. The molecule has 1 unspecified atom stereocenters. The zero-order valence-electron chi connectivity index (χ0n) is 12.2. The Morgan fingerprint density at radius 1 is 1.40 bits per heavy atom. The highest BCUT2D eigenvalue weighted by Gasteiger charge is 2.11. The van der Waals surface area contributed by atoms with E-state index < -0.39 is 0 Å². The van der Waals surface area contributed by atoms with Crippen molar-refractivity contribution in [2.75, 3.05) is 0 Å². The number of nitrogens with zero attached hydrogens (tertiary/aromatic N) is 2. The minimum atomic E-state index is -0.0803. The average Bonchev–Trinajstić information content (AvgIpc) is 2.85. The summed E-state index contributed by atoms with van der Waals surface area (Å²) in [6.45, 7) is 6.31. The largest absolute Gasteiger partial charge is 0.483 e. The van der Waals surface area contributed by atoms with Gasteiger partial charge in [-0.2, -0.15) is 4.98 Å². The predicted octanol–water partition coefficient (Wildman–Crippen LogP) is 2.93. The molecule has 2 aromatic rings. The van der Waals surface area contributed by atoms with Gasteiger partial charge in [0.15, 0.2) is 12.4 Å². The molecular formula is C15H21N3O2. The fourth-order valence-electron chi connectivity index (χ4n) is 1.97. The van der Waals surface area contributed by atoms with Gasteiger partial charge in [0.25, 0.3) is 5.89 Å². The summed E-state index contributed by atoms with van der Waals surface area (Å²) >= 11 is 0. The Morgan fingerprint density at radius 3 is 2.90 bits per heavy atom. The van der Waals surface area contributed by atoms with E-state index in [1.807, 2.05) is 32.0 Å². The lowest BCUT2D eigenvalue weighted by Crippen LogP contribution is -2.08. The van der Waals surface area contributed by atoms with Crippen LogP contribution in [0.15, 0.2) is 22.7 Å². The van der Waals surface area contributed by atoms with Gasteiger partial charge in [-0.05, 0) is 26.3 Å². The summed E-state index contributed by atoms with van der Waals surface area (Å²) in [4.78, 5) is 4.27. The van der Waals surface area contributed by atoms with Crippen LogP contribution in [0.1, 0.15) is 49.2 Å². The Labute approximate surface area is 119 Å². The molecule has 1 atom stereocenters. The lowest BCUT2D eigenvalue weighted by atomic mass is 10.1. The maximum atomic E-state index is 5.96. The number of rotatable bonds is 6. The summed E-state index contributed by atoms with van der Waals surface area (Å²) in [6, 6.07) is 5.88. The Bertz CT molecular complexity index is 564. The topological polar surface area (TPSA) is 74.2 Å². The van der Waals surface area contributed by atoms with Gasteiger partial charge in [0.05, 0.1) is 0 Å². The molecule has 0 bridgehead atoms. The Hall–Kier alpha value is -1.88. The molecule has 5 nitrogen and oxygen atoms in total. The zero-order valence-corrected chi connectivity index (χ0v) is 12.2. The average molecular weight is 275 g/mol. The van der Waals surface area contributed by atoms with Gasteiger partial charge < -0.3 is 15.0 Å². The number of nitrogens with two attached hydrogens (primary N) is 1. The van der Waals surface area contributed by atoms with Crippen molar-refractivity contribution in [1.29, 1.82) is 0 Å². The molecule has 0 aliphatic heterocycles. The number of aromatic nitrogens is 2. The van der Waals surface area contributed by atoms with Crippen molar-refractivity contribution < 1.29 is 9.26 Å². The molecule has 0 saturated carbocycles. The second-order valence-corrected chi connectivity index (χ2v) is 4.97. The van der Waals surface area contributed by atoms with Crippen LogP contribution < -0.4 is 10.5 Å². The molecule has 0 radical (unpaired) electrons. The summed E-state index contributed by atoms with van der Waals surface area (Å²) in [7, 11) is 0. The van der Waals surface area contributed by atoms with Crippen LogP contribution in [0, 0.1) is 6.92 Å². The first kappa shape index (κ1) is 14.5. The molecule has 0 saturated heterocycles. The molecule has 0 amide bonds. The van der Waals surface area contributed by atoms with E-state index in [0.717, 1.165) is 35.5 Å². The highest BCUT2D eigenvalue weighted by atomic mass is 16.5. The molecule has 2 rings (SSSR count). The van der Waals surface area contributed by atoms with Crippen molar-refractivity contribution in [2.45, 2.75) is 46.3 Å². The molecule has 0 aliphatic rings. The van der Waals surface area contributed by atoms with E-state index in [1.165, 1.54) is 0 Å². The normalized spacial score (nSPS) is 12.4. The summed E-state index contributed by atoms with van der Waals surface area (Å²) in [5, 5.41) is 3.90. The predicted molar refractivity (Wildman–Crippen MR) is 76.4 cm³/mol. The van der Waals surface area contributed by atoms with Gasteiger partial charge in [-0.25, -0.2) is 0 Å². The highest BCUT2D eigenvalue weighted by Crippen LogP contribution is 2.25. The van der Waals surface area contributed by atoms with Gasteiger partial charge in [0.1, 0.15) is 5.75 Å². The third-order valence-corrected chi connectivity index (χ3v) is 2.99. The Morgan fingerprint density at radius 2 is 2.20 bits per heavy atom. The number of hydrogen-bond donors (Lipinski definition) is 1. The van der Waals surface area contributed by atoms with Crippen LogP contribution in [0.2, 0.25) is 0 Å². The van der Waals surface area contributed by atoms with Crippen LogP contribution in [-0.2, 0) is 13.0 Å². The molecule has 2 N–H and O–H groups in total. The maximum absolute atomic E-state index is 5.96. The first-order valence-corrected chi connectivity index (χ1v) is 6.90. The number of ether oxygens (including phenoxy) is 1. The summed E-state index contributed by atoms with van der Waals surface area (Å²) < 4.78 is 10.9. The third-order valence-electron chi connectivity index (χ3n) is 2.99. The molecule has 1 heterocycles. The zero-order chi connectivity index (χ0) is 14.5. The van der Waals surface area contributed by atoms with Gasteiger partial charge in [-0.15, -0.1) is 0 Å². The first-order valence-electron chi connectivity index (χ1n) is 6.90. The lowest BCUT2D eigenvalue weighted by Gasteiger charge is -2.13. The van der Waals surface area contributed by atoms with Gasteiger partial charge in [0, 0.05) is 18.0 Å². The molecule has 0 spiro atoms. The van der Waals surface area contributed by atoms with Crippen molar-refractivity contribution >= 4 is 0 Å². The molecule has 108 valence electrons. The van der Waals surface area contributed by atoms with Gasteiger partial charge in [-0.1, -0.05) is 29.8 Å². The minimum Gasteiger partial charge on any atom is -0.483 e. The van der Waals surface area contributed by atoms with Gasteiger partial charge in [0.2, 0.25) is 0 Å². The lowest BCUT2D eigenvalue weighted by molar-refractivity contribution is 0.240. The van der Waals surface area contributed by atoms with Crippen LogP contribution in [-0.4, -0.2) is 10.1 Å². The highest BCUT2D eigenvalue weighted by molar-refractivity contribution is 5.38. The molecule has 0 fully saturated rings. The summed E-state index contributed by atoms with van der Waals surface area (Å²) in [5.74, 6) is 1.98. The van der Waals surface area contributed by atoms with Crippen LogP contribution in [0.4, 0.5) is 0 Å². The third kappa shape index (κ3) is 3.57. The first-order chi connectivity index (χ1) is 9.60. The van der Waals surface area contributed by atoms with Crippen molar-refractivity contribution in [3.8, 4) is 5.75 Å². The van der Waals surface area contributed by atoms with E-state index in [9.17, 15) is 0 Å². The number of benzene rings is 1. The minimum absolute atomic E-state index is 0.0803. The molecular weight excluding hydrogens is 254 g/mol. The smallest absolute Gasteiger partial charge is 0.264 e. The molecule has 1 aromatic heterocycles. The SMILES string of the molecule is CCCc1noc(COc2ccc(C)cc2C(C)N)n1. The van der Waals surface area contributed by atoms with E-state index in [4.69, 9.17) is 15.0 Å². The van der Waals surface area contributed by atoms with E-state index in [1.54, 1.807) is 0 Å². The van der Waals surface area contributed by atoms with Crippen LogP contribution in [0.25, 0.3) is 0 Å². The van der Waals surface area contributed by atoms with Gasteiger partial charge in [-0.3, -0.25) is 0 Å². The fourth-order valence-corrected chi connectivity index (χ4v) is 1.97. The Balaban J connectivity index is 2.06. The monoisotopic (exact) mass is 275 g/mol.